The van der Waals surface area contributed by atoms with Crippen molar-refractivity contribution in [2.75, 3.05) is 16.8 Å². The number of nitrogens with one attached hydrogen (secondary N) is 1. The minimum Gasteiger partial charge on any atom is -0.305 e. The molecule has 1 N–H and O–H groups in total. The molecular weight excluding hydrogens is 445 g/mol. The molecule has 3 heterocycles. The number of hydrogen-bond acceptors (Lipinski definition) is 5. The molecule has 0 saturated heterocycles. The maximum atomic E-state index is 13.1. The fraction of sp³-hybridized carbons (Fsp3) is 0.250. The average Bonchev–Trinajstić information content (AvgIpc) is 3.17. The second-order valence-electron chi connectivity index (χ2n) is 6.71. The Bertz CT molecular complexity index is 1100. The van der Waals surface area contributed by atoms with E-state index in [2.05, 4.69) is 20.4 Å². The van der Waals surface area contributed by atoms with Crippen molar-refractivity contribution >= 4 is 36.8 Å². The van der Waals surface area contributed by atoms with Crippen LogP contribution >= 0.6 is 13.5 Å². The third kappa shape index (κ3) is 4.59. The van der Waals surface area contributed by atoms with Gasteiger partial charge < -0.3 is 10.2 Å². The van der Waals surface area contributed by atoms with Crippen molar-refractivity contribution < 1.29 is 22.8 Å². The van der Waals surface area contributed by atoms with Crippen LogP contribution in [0.2, 0.25) is 0 Å². The lowest BCUT2D eigenvalue weighted by atomic mass is 10.1. The molecule has 3 aromatic rings. The summed E-state index contributed by atoms with van der Waals surface area (Å²) in [7, 11) is 0. The summed E-state index contributed by atoms with van der Waals surface area (Å²) in [5, 5.41) is 6.70. The second kappa shape index (κ2) is 9.39. The summed E-state index contributed by atoms with van der Waals surface area (Å²) in [5.74, 6) is -0.917. The molecule has 1 aliphatic heterocycles. The molecule has 0 radical (unpaired) electrons. The molecule has 170 valence electrons. The van der Waals surface area contributed by atoms with Crippen LogP contribution in [-0.4, -0.2) is 38.1 Å². The van der Waals surface area contributed by atoms with Crippen LogP contribution in [0, 0.1) is 0 Å². The minimum absolute atomic E-state index is 0. The first-order chi connectivity index (χ1) is 14.3. The first kappa shape index (κ1) is 24.9. The van der Waals surface area contributed by atoms with Gasteiger partial charge in [-0.05, 0) is 31.2 Å². The van der Waals surface area contributed by atoms with Crippen molar-refractivity contribution in [3.63, 3.8) is 0 Å². The van der Waals surface area contributed by atoms with Gasteiger partial charge in [-0.15, -0.1) is 0 Å². The number of hydrogen-bond donors (Lipinski definition) is 1. The summed E-state index contributed by atoms with van der Waals surface area (Å²) in [5.41, 5.74) is -0.422. The molecule has 2 aromatic heterocycles. The van der Waals surface area contributed by atoms with E-state index in [0.29, 0.717) is 5.69 Å². The molecule has 12 heteroatoms. The van der Waals surface area contributed by atoms with Crippen LogP contribution in [0.3, 0.4) is 0 Å². The predicted octanol–water partition coefficient (Wildman–Crippen LogP) is 3.91. The van der Waals surface area contributed by atoms with Crippen molar-refractivity contribution in [1.29, 1.82) is 0 Å². The second-order valence-corrected chi connectivity index (χ2v) is 6.71. The number of nitrogens with zero attached hydrogens (tertiary/aromatic N) is 5. The van der Waals surface area contributed by atoms with Gasteiger partial charge >= 0.3 is 6.18 Å². The fourth-order valence-corrected chi connectivity index (χ4v) is 3.23. The Balaban J connectivity index is 0.00000181. The highest BCUT2D eigenvalue weighted by molar-refractivity contribution is 7.59. The largest absolute Gasteiger partial charge is 0.416 e. The zero-order chi connectivity index (χ0) is 21.5. The minimum atomic E-state index is -4.47. The van der Waals surface area contributed by atoms with Gasteiger partial charge in [0.2, 0.25) is 0 Å². The first-order valence-corrected chi connectivity index (χ1v) is 8.89. The lowest BCUT2D eigenvalue weighted by molar-refractivity contribution is -0.137. The van der Waals surface area contributed by atoms with Crippen molar-refractivity contribution in [2.24, 2.45) is 0 Å². The van der Waals surface area contributed by atoms with Crippen molar-refractivity contribution in [3.8, 4) is 0 Å². The first-order valence-electron chi connectivity index (χ1n) is 8.89. The maximum absolute atomic E-state index is 13.1. The van der Waals surface area contributed by atoms with E-state index in [1.807, 2.05) is 0 Å². The van der Waals surface area contributed by atoms with Crippen LogP contribution in [0.15, 0.2) is 49.1 Å². The summed E-state index contributed by atoms with van der Waals surface area (Å²) in [6, 6.07) is 4.01. The Morgan fingerprint density at radius 2 is 1.84 bits per heavy atom. The van der Waals surface area contributed by atoms with Crippen LogP contribution in [0.1, 0.15) is 46.8 Å². The Hall–Kier alpha value is -3.41. The van der Waals surface area contributed by atoms with Crippen molar-refractivity contribution in [2.45, 2.75) is 26.6 Å². The van der Waals surface area contributed by atoms with E-state index in [1.165, 1.54) is 46.5 Å². The van der Waals surface area contributed by atoms with E-state index in [0.717, 1.165) is 12.1 Å². The number of fused-ring (bicyclic) bond motifs is 1. The third-order valence-corrected chi connectivity index (χ3v) is 4.66. The Morgan fingerprint density at radius 3 is 2.44 bits per heavy atom. The molecule has 0 aliphatic carbocycles. The number of anilines is 2. The molecule has 8 nitrogen and oxygen atoms in total. The molecule has 1 aromatic carbocycles. The summed E-state index contributed by atoms with van der Waals surface area (Å²) >= 11 is 0. The van der Waals surface area contributed by atoms with Gasteiger partial charge in [0, 0.05) is 24.6 Å². The topological polar surface area (TPSA) is 93.0 Å². The zero-order valence-electron chi connectivity index (χ0n) is 16.1. The molecule has 0 unspecified atom stereocenters. The van der Waals surface area contributed by atoms with Crippen LogP contribution in [0.25, 0.3) is 0 Å². The lowest BCUT2D eigenvalue weighted by Crippen LogP contribution is -2.43. The van der Waals surface area contributed by atoms with Gasteiger partial charge in [0.25, 0.3) is 11.8 Å². The van der Waals surface area contributed by atoms with Gasteiger partial charge in [0.1, 0.15) is 5.69 Å². The molecule has 0 fully saturated rings. The Labute approximate surface area is 188 Å². The summed E-state index contributed by atoms with van der Waals surface area (Å²) in [6.45, 7) is 1.99. The van der Waals surface area contributed by atoms with Gasteiger partial charge in [-0.3, -0.25) is 19.3 Å². The molecule has 1 aliphatic rings. The molecule has 0 saturated carbocycles. The number of halogens is 3. The smallest absolute Gasteiger partial charge is 0.305 e. The van der Waals surface area contributed by atoms with Crippen LogP contribution in [-0.2, 0) is 6.18 Å². The molecule has 4 rings (SSSR count). The van der Waals surface area contributed by atoms with E-state index < -0.39 is 23.6 Å². The van der Waals surface area contributed by atoms with Crippen LogP contribution in [0.5, 0.6) is 0 Å². The average molecular weight is 466 g/mol. The summed E-state index contributed by atoms with van der Waals surface area (Å²) < 4.78 is 39.9. The predicted molar refractivity (Wildman–Crippen MR) is 117 cm³/mol. The normalized spacial score (nSPS) is 15.3. The number of amides is 2. The summed E-state index contributed by atoms with van der Waals surface area (Å²) in [4.78, 5) is 34.9. The van der Waals surface area contributed by atoms with Gasteiger partial charge in [-0.25, -0.2) is 4.98 Å². The number of alkyl halides is 3. The maximum Gasteiger partial charge on any atom is 0.416 e. The van der Waals surface area contributed by atoms with E-state index in [1.54, 1.807) is 6.92 Å². The highest BCUT2D eigenvalue weighted by atomic mass is 32.1. The number of carbonyl (C=O) groups is 2. The van der Waals surface area contributed by atoms with E-state index in [9.17, 15) is 22.8 Å². The molecule has 32 heavy (non-hydrogen) atoms. The Kier molecular flexibility index (Phi) is 7.29. The standard InChI is InChI=1S/C19H15F3N6O2.CH4.H2S/c1-11-10-27(13-4-2-12(3-5-13)19(20,21)22)18(30)16-14(8-25-28(11)16)17(29)26-15-9-23-6-7-24-15;;/h2-9,11H,10H2,1H3,(H,24,26,29);1H4;1H2/t11-;;/m0../s1. The van der Waals surface area contributed by atoms with Crippen LogP contribution < -0.4 is 10.2 Å². The number of benzene rings is 1. The highest BCUT2D eigenvalue weighted by Crippen LogP contribution is 2.32. The van der Waals surface area contributed by atoms with Crippen molar-refractivity contribution in [3.05, 3.63) is 65.9 Å². The van der Waals surface area contributed by atoms with E-state index >= 15 is 0 Å². The molecule has 1 atom stereocenters. The number of rotatable bonds is 3. The van der Waals surface area contributed by atoms with Crippen LogP contribution in [0.4, 0.5) is 24.7 Å². The monoisotopic (exact) mass is 466 g/mol. The number of carbonyl (C=O) groups excluding carboxylic acids is 2. The van der Waals surface area contributed by atoms with Gasteiger partial charge in [-0.1, -0.05) is 7.43 Å². The molecule has 2 amide bonds. The van der Waals surface area contributed by atoms with Crippen molar-refractivity contribution in [1.82, 2.24) is 19.7 Å². The third-order valence-electron chi connectivity index (χ3n) is 4.66. The van der Waals surface area contributed by atoms with E-state index in [4.69, 9.17) is 0 Å². The molecule has 0 bridgehead atoms. The SMILES string of the molecule is C.C[C@H]1CN(c2ccc(C(F)(F)F)cc2)C(=O)c2c(C(=O)Nc3cnccn3)cnn21.S. The van der Waals surface area contributed by atoms with Gasteiger partial charge in [-0.2, -0.15) is 31.8 Å². The van der Waals surface area contributed by atoms with E-state index in [-0.39, 0.29) is 50.6 Å². The van der Waals surface area contributed by atoms with Gasteiger partial charge in [0.15, 0.2) is 5.82 Å². The summed E-state index contributed by atoms with van der Waals surface area (Å²) in [6.07, 6.45) is 1.02. The molecule has 0 spiro atoms. The lowest BCUT2D eigenvalue weighted by Gasteiger charge is -2.32. The zero-order valence-corrected chi connectivity index (χ0v) is 17.1. The Morgan fingerprint density at radius 1 is 1.16 bits per heavy atom. The molecular formula is C20H21F3N6O2S. The number of aromatic nitrogens is 4. The van der Waals surface area contributed by atoms with Gasteiger partial charge in [0.05, 0.1) is 29.6 Å². The fourth-order valence-electron chi connectivity index (χ4n) is 3.23. The highest BCUT2D eigenvalue weighted by Gasteiger charge is 2.36. The quantitative estimate of drug-likeness (QED) is 0.632.